The van der Waals surface area contributed by atoms with Gasteiger partial charge in [-0.15, -0.1) is 0 Å². The van der Waals surface area contributed by atoms with Crippen LogP contribution in [0.2, 0.25) is 0 Å². The Labute approximate surface area is 120 Å². The van der Waals surface area contributed by atoms with Crippen molar-refractivity contribution in [2.45, 2.75) is 44.7 Å². The van der Waals surface area contributed by atoms with E-state index in [0.29, 0.717) is 6.54 Å². The summed E-state index contributed by atoms with van der Waals surface area (Å²) < 4.78 is 0. The maximum atomic E-state index is 12.5. The summed E-state index contributed by atoms with van der Waals surface area (Å²) in [7, 11) is 1.83. The molecule has 0 aliphatic heterocycles. The van der Waals surface area contributed by atoms with Crippen LogP contribution in [-0.2, 0) is 11.3 Å². The molecule has 4 heteroatoms. The van der Waals surface area contributed by atoms with Gasteiger partial charge in [-0.2, -0.15) is 0 Å². The van der Waals surface area contributed by atoms with Gasteiger partial charge in [0.25, 0.3) is 0 Å². The molecule has 110 valence electrons. The van der Waals surface area contributed by atoms with Gasteiger partial charge in [-0.1, -0.05) is 31.4 Å². The third kappa shape index (κ3) is 3.73. The molecule has 2 atom stereocenters. The normalized spacial score (nSPS) is 23.1. The van der Waals surface area contributed by atoms with Gasteiger partial charge in [-0.3, -0.25) is 4.79 Å². The van der Waals surface area contributed by atoms with Crippen molar-refractivity contribution in [1.29, 1.82) is 0 Å². The highest BCUT2D eigenvalue weighted by atomic mass is 16.3. The minimum absolute atomic E-state index is 0.00716. The standard InChI is InChI=1S/C16H24N2O2/c1-18(11-12-7-9-13(19)10-8-12)16(20)14-5-3-2-4-6-15(14)17/h7-10,14-15,19H,2-6,11,17H2,1H3. The minimum atomic E-state index is -0.0420. The molecular formula is C16H24N2O2. The van der Waals surface area contributed by atoms with E-state index in [1.807, 2.05) is 19.2 Å². The average Bonchev–Trinajstić information content (AvgIpc) is 2.65. The van der Waals surface area contributed by atoms with E-state index in [1.54, 1.807) is 17.0 Å². The van der Waals surface area contributed by atoms with Crippen molar-refractivity contribution in [1.82, 2.24) is 4.90 Å². The Bertz CT molecular complexity index is 444. The predicted molar refractivity (Wildman–Crippen MR) is 79.1 cm³/mol. The van der Waals surface area contributed by atoms with Gasteiger partial charge in [-0.25, -0.2) is 0 Å². The van der Waals surface area contributed by atoms with Crippen LogP contribution in [0.4, 0.5) is 0 Å². The summed E-state index contributed by atoms with van der Waals surface area (Å²) in [6.45, 7) is 0.558. The Kier molecular flexibility index (Phi) is 5.01. The lowest BCUT2D eigenvalue weighted by Crippen LogP contribution is -2.41. The second-order valence-corrected chi connectivity index (χ2v) is 5.77. The molecule has 0 spiro atoms. The van der Waals surface area contributed by atoms with E-state index < -0.39 is 0 Å². The number of carbonyl (C=O) groups excluding carboxylic acids is 1. The summed E-state index contributed by atoms with van der Waals surface area (Å²) in [4.78, 5) is 14.3. The van der Waals surface area contributed by atoms with Gasteiger partial charge in [0.15, 0.2) is 0 Å². The summed E-state index contributed by atoms with van der Waals surface area (Å²) in [5, 5.41) is 9.27. The first-order valence-corrected chi connectivity index (χ1v) is 7.36. The smallest absolute Gasteiger partial charge is 0.227 e. The average molecular weight is 276 g/mol. The molecule has 20 heavy (non-hydrogen) atoms. The lowest BCUT2D eigenvalue weighted by molar-refractivity contribution is -0.135. The van der Waals surface area contributed by atoms with E-state index in [9.17, 15) is 9.90 Å². The first kappa shape index (κ1) is 14.9. The number of benzene rings is 1. The number of hydrogen-bond acceptors (Lipinski definition) is 3. The van der Waals surface area contributed by atoms with Crippen molar-refractivity contribution in [3.8, 4) is 5.75 Å². The molecular weight excluding hydrogens is 252 g/mol. The Morgan fingerprint density at radius 3 is 2.60 bits per heavy atom. The summed E-state index contributed by atoms with van der Waals surface area (Å²) in [5.74, 6) is 0.348. The molecule has 1 saturated carbocycles. The van der Waals surface area contributed by atoms with Crippen molar-refractivity contribution < 1.29 is 9.90 Å². The largest absolute Gasteiger partial charge is 0.508 e. The van der Waals surface area contributed by atoms with Gasteiger partial charge in [0.1, 0.15) is 5.75 Å². The second-order valence-electron chi connectivity index (χ2n) is 5.77. The van der Waals surface area contributed by atoms with Crippen LogP contribution < -0.4 is 5.73 Å². The Hall–Kier alpha value is -1.55. The van der Waals surface area contributed by atoms with Crippen LogP contribution in [-0.4, -0.2) is 29.0 Å². The SMILES string of the molecule is CN(Cc1ccc(O)cc1)C(=O)C1CCCCCC1N. The van der Waals surface area contributed by atoms with E-state index in [0.717, 1.165) is 31.2 Å². The molecule has 1 aromatic carbocycles. The van der Waals surface area contributed by atoms with Gasteiger partial charge in [0.05, 0.1) is 5.92 Å². The molecule has 1 aliphatic rings. The number of carbonyl (C=O) groups is 1. The first-order chi connectivity index (χ1) is 9.58. The second kappa shape index (κ2) is 6.75. The molecule has 0 heterocycles. The molecule has 3 N–H and O–H groups in total. The van der Waals surface area contributed by atoms with Crippen LogP contribution in [0.3, 0.4) is 0 Å². The number of phenolic OH excluding ortho intramolecular Hbond substituents is 1. The number of rotatable bonds is 3. The molecule has 0 bridgehead atoms. The lowest BCUT2D eigenvalue weighted by Gasteiger charge is -2.26. The van der Waals surface area contributed by atoms with Crippen LogP contribution >= 0.6 is 0 Å². The number of nitrogens with zero attached hydrogens (tertiary/aromatic N) is 1. The van der Waals surface area contributed by atoms with Crippen molar-refractivity contribution in [3.05, 3.63) is 29.8 Å². The third-order valence-electron chi connectivity index (χ3n) is 4.12. The van der Waals surface area contributed by atoms with Crippen molar-refractivity contribution in [2.24, 2.45) is 11.7 Å². The zero-order valence-electron chi connectivity index (χ0n) is 12.1. The molecule has 2 rings (SSSR count). The molecule has 4 nitrogen and oxygen atoms in total. The van der Waals surface area contributed by atoms with Crippen LogP contribution in [0.15, 0.2) is 24.3 Å². The van der Waals surface area contributed by atoms with E-state index >= 15 is 0 Å². The summed E-state index contributed by atoms with van der Waals surface area (Å²) in [6.07, 6.45) is 5.26. The van der Waals surface area contributed by atoms with Crippen LogP contribution in [0.1, 0.15) is 37.7 Å². The Morgan fingerprint density at radius 1 is 1.25 bits per heavy atom. The van der Waals surface area contributed by atoms with Crippen molar-refractivity contribution in [2.75, 3.05) is 7.05 Å². The summed E-state index contributed by atoms with van der Waals surface area (Å²) >= 11 is 0. The summed E-state index contributed by atoms with van der Waals surface area (Å²) in [5.41, 5.74) is 7.17. The van der Waals surface area contributed by atoms with Crippen LogP contribution in [0.25, 0.3) is 0 Å². The zero-order chi connectivity index (χ0) is 14.5. The zero-order valence-corrected chi connectivity index (χ0v) is 12.1. The molecule has 0 aromatic heterocycles. The fraction of sp³-hybridized carbons (Fsp3) is 0.562. The Morgan fingerprint density at radius 2 is 1.90 bits per heavy atom. The highest BCUT2D eigenvalue weighted by Gasteiger charge is 2.29. The van der Waals surface area contributed by atoms with Crippen molar-refractivity contribution in [3.63, 3.8) is 0 Å². The van der Waals surface area contributed by atoms with Gasteiger partial charge in [0, 0.05) is 19.6 Å². The molecule has 1 amide bonds. The predicted octanol–water partition coefficient (Wildman–Crippen LogP) is 2.26. The maximum absolute atomic E-state index is 12.5. The maximum Gasteiger partial charge on any atom is 0.227 e. The number of hydrogen-bond donors (Lipinski definition) is 2. The van der Waals surface area contributed by atoms with Crippen LogP contribution in [0, 0.1) is 5.92 Å². The third-order valence-corrected chi connectivity index (χ3v) is 4.12. The molecule has 1 aromatic rings. The van der Waals surface area contributed by atoms with Gasteiger partial charge >= 0.3 is 0 Å². The molecule has 1 fully saturated rings. The molecule has 0 radical (unpaired) electrons. The quantitative estimate of drug-likeness (QED) is 0.832. The Balaban J connectivity index is 1.98. The van der Waals surface area contributed by atoms with E-state index in [4.69, 9.17) is 5.73 Å². The minimum Gasteiger partial charge on any atom is -0.508 e. The number of aromatic hydroxyl groups is 1. The first-order valence-electron chi connectivity index (χ1n) is 7.36. The molecule has 1 aliphatic carbocycles. The van der Waals surface area contributed by atoms with E-state index in [2.05, 4.69) is 0 Å². The van der Waals surface area contributed by atoms with Crippen molar-refractivity contribution >= 4 is 5.91 Å². The topological polar surface area (TPSA) is 66.6 Å². The fourth-order valence-electron chi connectivity index (χ4n) is 2.88. The van der Waals surface area contributed by atoms with E-state index in [1.165, 1.54) is 6.42 Å². The highest BCUT2D eigenvalue weighted by molar-refractivity contribution is 5.79. The van der Waals surface area contributed by atoms with Gasteiger partial charge in [-0.05, 0) is 30.5 Å². The molecule has 0 saturated heterocycles. The lowest BCUT2D eigenvalue weighted by atomic mass is 9.94. The number of phenols is 1. The summed E-state index contributed by atoms with van der Waals surface area (Å²) in [6, 6.07) is 6.96. The van der Waals surface area contributed by atoms with E-state index in [-0.39, 0.29) is 23.6 Å². The molecule has 2 unspecified atom stereocenters. The van der Waals surface area contributed by atoms with Gasteiger partial charge in [0.2, 0.25) is 5.91 Å². The number of amides is 1. The number of nitrogens with two attached hydrogens (primary N) is 1. The van der Waals surface area contributed by atoms with Gasteiger partial charge < -0.3 is 15.7 Å². The highest BCUT2D eigenvalue weighted by Crippen LogP contribution is 2.24. The monoisotopic (exact) mass is 276 g/mol. The van der Waals surface area contributed by atoms with Crippen LogP contribution in [0.5, 0.6) is 5.75 Å². The fourth-order valence-corrected chi connectivity index (χ4v) is 2.88.